The number of amides is 1. The lowest BCUT2D eigenvalue weighted by atomic mass is 10.1. The third kappa shape index (κ3) is 6.69. The zero-order chi connectivity index (χ0) is 19.6. The molecule has 27 heavy (non-hydrogen) atoms. The molecule has 0 atom stereocenters. The molecule has 1 aliphatic heterocycles. The molecule has 6 nitrogen and oxygen atoms in total. The number of likely N-dealkylation sites (tertiary alicyclic amines) is 1. The van der Waals surface area contributed by atoms with Crippen molar-refractivity contribution in [2.75, 3.05) is 32.8 Å². The van der Waals surface area contributed by atoms with Crippen molar-refractivity contribution < 1.29 is 14.3 Å². The normalized spacial score (nSPS) is 15.4. The summed E-state index contributed by atoms with van der Waals surface area (Å²) in [5, 5.41) is 3.02. The van der Waals surface area contributed by atoms with Gasteiger partial charge in [-0.15, -0.1) is 0 Å². The van der Waals surface area contributed by atoms with Crippen LogP contribution >= 0.6 is 0 Å². The van der Waals surface area contributed by atoms with Gasteiger partial charge < -0.3 is 19.9 Å². The number of nitrogens with one attached hydrogen (secondary N) is 2. The van der Waals surface area contributed by atoms with Crippen LogP contribution in [0.25, 0.3) is 0 Å². The number of esters is 1. The maximum Gasteiger partial charge on any atom is 0.340 e. The fraction of sp³-hybridized carbons (Fsp3) is 0.714. The SMILES string of the molecule is CCOC(=O)c1c(C)[nH]c(CCC(=O)NCCCN2CCCCCC2)c1C. The monoisotopic (exact) mass is 377 g/mol. The van der Waals surface area contributed by atoms with Crippen LogP contribution in [-0.2, 0) is 16.0 Å². The van der Waals surface area contributed by atoms with Gasteiger partial charge in [-0.05, 0) is 71.7 Å². The molecule has 1 fully saturated rings. The van der Waals surface area contributed by atoms with Gasteiger partial charge in [0.05, 0.1) is 12.2 Å². The van der Waals surface area contributed by atoms with Gasteiger partial charge in [-0.3, -0.25) is 4.79 Å². The number of aromatic amines is 1. The molecule has 2 N–H and O–H groups in total. The molecule has 0 aromatic carbocycles. The fourth-order valence-electron chi connectivity index (χ4n) is 3.79. The molecule has 0 unspecified atom stereocenters. The lowest BCUT2D eigenvalue weighted by molar-refractivity contribution is -0.121. The Kier molecular flexibility index (Phi) is 8.85. The van der Waals surface area contributed by atoms with Gasteiger partial charge in [0.2, 0.25) is 5.91 Å². The number of hydrogen-bond acceptors (Lipinski definition) is 4. The second-order valence-corrected chi connectivity index (χ2v) is 7.41. The Bertz CT molecular complexity index is 616. The number of aromatic nitrogens is 1. The summed E-state index contributed by atoms with van der Waals surface area (Å²) in [6.45, 7) is 10.1. The molecule has 2 heterocycles. The van der Waals surface area contributed by atoms with Crippen LogP contribution in [0.2, 0.25) is 0 Å². The minimum Gasteiger partial charge on any atom is -0.462 e. The molecule has 0 saturated carbocycles. The van der Waals surface area contributed by atoms with Gasteiger partial charge in [0.25, 0.3) is 0 Å². The second-order valence-electron chi connectivity index (χ2n) is 7.41. The Labute approximate surface area is 163 Å². The van der Waals surface area contributed by atoms with E-state index in [1.165, 1.54) is 38.8 Å². The van der Waals surface area contributed by atoms with E-state index in [4.69, 9.17) is 4.74 Å². The average Bonchev–Trinajstić information content (AvgIpc) is 2.81. The molecule has 0 radical (unpaired) electrons. The van der Waals surface area contributed by atoms with Crippen molar-refractivity contribution in [3.8, 4) is 0 Å². The van der Waals surface area contributed by atoms with E-state index in [9.17, 15) is 9.59 Å². The van der Waals surface area contributed by atoms with Crippen molar-refractivity contribution in [3.05, 3.63) is 22.5 Å². The van der Waals surface area contributed by atoms with Crippen molar-refractivity contribution in [1.82, 2.24) is 15.2 Å². The van der Waals surface area contributed by atoms with Crippen molar-refractivity contribution in [3.63, 3.8) is 0 Å². The van der Waals surface area contributed by atoms with Crippen LogP contribution in [0.3, 0.4) is 0 Å². The molecule has 1 saturated heterocycles. The van der Waals surface area contributed by atoms with Gasteiger partial charge in [-0.25, -0.2) is 4.79 Å². The van der Waals surface area contributed by atoms with E-state index in [-0.39, 0.29) is 11.9 Å². The van der Waals surface area contributed by atoms with Crippen LogP contribution in [0.1, 0.15) is 72.8 Å². The third-order valence-corrected chi connectivity index (χ3v) is 5.29. The molecule has 0 spiro atoms. The van der Waals surface area contributed by atoms with Crippen LogP contribution in [0.5, 0.6) is 0 Å². The first-order valence-electron chi connectivity index (χ1n) is 10.4. The number of carbonyl (C=O) groups excluding carboxylic acids is 2. The van der Waals surface area contributed by atoms with E-state index in [0.29, 0.717) is 25.0 Å². The standard InChI is InChI=1S/C21H35N3O3/c1-4-27-21(26)20-16(2)18(23-17(20)3)10-11-19(25)22-12-9-15-24-13-7-5-6-8-14-24/h23H,4-15H2,1-3H3,(H,22,25). The molecular formula is C21H35N3O3. The predicted octanol–water partition coefficient (Wildman–Crippen LogP) is 3.12. The number of rotatable bonds is 9. The zero-order valence-corrected chi connectivity index (χ0v) is 17.2. The second kappa shape index (κ2) is 11.1. The first-order chi connectivity index (χ1) is 13.0. The topological polar surface area (TPSA) is 74.4 Å². The summed E-state index contributed by atoms with van der Waals surface area (Å²) in [5.41, 5.74) is 3.23. The van der Waals surface area contributed by atoms with Crippen molar-refractivity contribution in [2.24, 2.45) is 0 Å². The molecular weight excluding hydrogens is 342 g/mol. The summed E-state index contributed by atoms with van der Waals surface area (Å²) in [6, 6.07) is 0. The van der Waals surface area contributed by atoms with Crippen LogP contribution in [0.4, 0.5) is 0 Å². The van der Waals surface area contributed by atoms with E-state index in [1.807, 2.05) is 13.8 Å². The highest BCUT2D eigenvalue weighted by molar-refractivity contribution is 5.92. The first kappa shape index (κ1) is 21.5. The van der Waals surface area contributed by atoms with Crippen LogP contribution in [0.15, 0.2) is 0 Å². The Morgan fingerprint density at radius 1 is 1.15 bits per heavy atom. The molecule has 1 amide bonds. The van der Waals surface area contributed by atoms with E-state index >= 15 is 0 Å². The highest BCUT2D eigenvalue weighted by atomic mass is 16.5. The quantitative estimate of drug-likeness (QED) is 0.512. The van der Waals surface area contributed by atoms with E-state index in [1.54, 1.807) is 6.92 Å². The maximum absolute atomic E-state index is 12.1. The minimum atomic E-state index is -0.298. The molecule has 1 aliphatic rings. The van der Waals surface area contributed by atoms with Gasteiger partial charge >= 0.3 is 5.97 Å². The maximum atomic E-state index is 12.1. The Hall–Kier alpha value is -1.82. The van der Waals surface area contributed by atoms with E-state index < -0.39 is 0 Å². The molecule has 6 heteroatoms. The lowest BCUT2D eigenvalue weighted by Gasteiger charge is -2.19. The van der Waals surface area contributed by atoms with Crippen LogP contribution < -0.4 is 5.32 Å². The summed E-state index contributed by atoms with van der Waals surface area (Å²) in [4.78, 5) is 29.9. The van der Waals surface area contributed by atoms with Crippen molar-refractivity contribution in [2.45, 2.75) is 65.7 Å². The summed E-state index contributed by atoms with van der Waals surface area (Å²) < 4.78 is 5.11. The van der Waals surface area contributed by atoms with Crippen molar-refractivity contribution >= 4 is 11.9 Å². The molecule has 0 bridgehead atoms. The van der Waals surface area contributed by atoms with Crippen LogP contribution in [0, 0.1) is 13.8 Å². The number of nitrogens with zero attached hydrogens (tertiary/aromatic N) is 1. The van der Waals surface area contributed by atoms with Gasteiger partial charge in [-0.2, -0.15) is 0 Å². The molecule has 2 rings (SSSR count). The minimum absolute atomic E-state index is 0.0650. The summed E-state index contributed by atoms with van der Waals surface area (Å²) >= 11 is 0. The van der Waals surface area contributed by atoms with Gasteiger partial charge in [-0.1, -0.05) is 12.8 Å². The number of carbonyl (C=O) groups is 2. The Morgan fingerprint density at radius 3 is 2.52 bits per heavy atom. The highest BCUT2D eigenvalue weighted by Gasteiger charge is 2.19. The Balaban J connectivity index is 1.71. The Morgan fingerprint density at radius 2 is 1.85 bits per heavy atom. The summed E-state index contributed by atoms with van der Waals surface area (Å²) in [7, 11) is 0. The fourth-order valence-corrected chi connectivity index (χ4v) is 3.79. The smallest absolute Gasteiger partial charge is 0.340 e. The first-order valence-corrected chi connectivity index (χ1v) is 10.4. The highest BCUT2D eigenvalue weighted by Crippen LogP contribution is 2.20. The van der Waals surface area contributed by atoms with Gasteiger partial charge in [0, 0.05) is 24.4 Å². The molecule has 1 aromatic heterocycles. The number of aryl methyl sites for hydroxylation is 2. The molecule has 1 aromatic rings. The number of ether oxygens (including phenoxy) is 1. The number of hydrogen-bond donors (Lipinski definition) is 2. The summed E-state index contributed by atoms with van der Waals surface area (Å²) in [5.74, 6) is -0.233. The van der Waals surface area contributed by atoms with Crippen molar-refractivity contribution in [1.29, 1.82) is 0 Å². The van der Waals surface area contributed by atoms with E-state index in [0.717, 1.165) is 36.5 Å². The predicted molar refractivity (Wildman–Crippen MR) is 107 cm³/mol. The number of H-pyrrole nitrogens is 1. The van der Waals surface area contributed by atoms with Crippen LogP contribution in [-0.4, -0.2) is 54.5 Å². The lowest BCUT2D eigenvalue weighted by Crippen LogP contribution is -2.30. The molecule has 0 aliphatic carbocycles. The average molecular weight is 378 g/mol. The van der Waals surface area contributed by atoms with E-state index in [2.05, 4.69) is 15.2 Å². The summed E-state index contributed by atoms with van der Waals surface area (Å²) in [6.07, 6.45) is 7.33. The third-order valence-electron chi connectivity index (χ3n) is 5.29. The van der Waals surface area contributed by atoms with Gasteiger partial charge in [0.1, 0.15) is 0 Å². The zero-order valence-electron chi connectivity index (χ0n) is 17.2. The molecule has 152 valence electrons. The largest absolute Gasteiger partial charge is 0.462 e. The van der Waals surface area contributed by atoms with Gasteiger partial charge in [0.15, 0.2) is 0 Å².